The van der Waals surface area contributed by atoms with Gasteiger partial charge in [0.15, 0.2) is 0 Å². The first kappa shape index (κ1) is 18.2. The molecule has 1 unspecified atom stereocenters. The number of benzene rings is 1. The average molecular weight is 346 g/mol. The van der Waals surface area contributed by atoms with Gasteiger partial charge in [0.25, 0.3) is 0 Å². The van der Waals surface area contributed by atoms with E-state index in [9.17, 15) is 14.7 Å². The summed E-state index contributed by atoms with van der Waals surface area (Å²) in [4.78, 5) is 24.7. The quantitative estimate of drug-likeness (QED) is 0.728. The molecule has 0 spiro atoms. The molecule has 0 bridgehead atoms. The Hall–Kier alpha value is -2.18. The number of hydrogen-bond acceptors (Lipinski definition) is 4. The van der Waals surface area contributed by atoms with Crippen LogP contribution in [0.25, 0.3) is 0 Å². The first-order valence-electron chi connectivity index (χ1n) is 7.78. The summed E-state index contributed by atoms with van der Waals surface area (Å²) in [7, 11) is 0. The third kappa shape index (κ3) is 4.43. The average Bonchev–Trinajstić information content (AvgIpc) is 3.09. The van der Waals surface area contributed by atoms with Crippen molar-refractivity contribution in [1.29, 1.82) is 0 Å². The third-order valence-electron chi connectivity index (χ3n) is 3.84. The number of amides is 2. The first-order chi connectivity index (χ1) is 11.3. The van der Waals surface area contributed by atoms with Crippen molar-refractivity contribution in [3.8, 4) is 0 Å². The van der Waals surface area contributed by atoms with Crippen LogP contribution in [0.1, 0.15) is 29.9 Å². The number of carbonyl (C=O) groups excluding carboxylic acids is 2. The fourth-order valence-electron chi connectivity index (χ4n) is 2.32. The zero-order valence-corrected chi connectivity index (χ0v) is 14.9. The molecular weight excluding hydrogens is 324 g/mol. The zero-order chi connectivity index (χ0) is 17.7. The summed E-state index contributed by atoms with van der Waals surface area (Å²) < 4.78 is 0. The van der Waals surface area contributed by atoms with Crippen LogP contribution in [-0.4, -0.2) is 23.5 Å². The zero-order valence-electron chi connectivity index (χ0n) is 14.1. The van der Waals surface area contributed by atoms with Crippen LogP contribution in [0.15, 0.2) is 35.7 Å². The molecule has 2 rings (SSSR count). The van der Waals surface area contributed by atoms with Gasteiger partial charge in [0.1, 0.15) is 5.60 Å². The van der Waals surface area contributed by atoms with Crippen molar-refractivity contribution in [2.75, 3.05) is 11.9 Å². The molecule has 1 atom stereocenters. The summed E-state index contributed by atoms with van der Waals surface area (Å²) >= 11 is 1.40. The molecule has 2 aromatic rings. The van der Waals surface area contributed by atoms with Crippen molar-refractivity contribution in [2.24, 2.45) is 0 Å². The minimum atomic E-state index is -1.21. The summed E-state index contributed by atoms with van der Waals surface area (Å²) in [5, 5.41) is 17.3. The van der Waals surface area contributed by atoms with Crippen molar-refractivity contribution >= 4 is 28.8 Å². The van der Waals surface area contributed by atoms with E-state index in [1.807, 2.05) is 37.4 Å². The summed E-state index contributed by atoms with van der Waals surface area (Å²) in [5.74, 6) is -1.52. The number of aryl methyl sites for hydroxylation is 2. The normalized spacial score (nSPS) is 13.2. The van der Waals surface area contributed by atoms with E-state index in [0.717, 1.165) is 22.4 Å². The van der Waals surface area contributed by atoms with Crippen LogP contribution in [0.5, 0.6) is 0 Å². The van der Waals surface area contributed by atoms with Crippen LogP contribution < -0.4 is 10.6 Å². The van der Waals surface area contributed by atoms with E-state index < -0.39 is 17.4 Å². The molecule has 3 N–H and O–H groups in total. The highest BCUT2D eigenvalue weighted by molar-refractivity contribution is 7.10. The molecule has 0 radical (unpaired) electrons. The van der Waals surface area contributed by atoms with Crippen LogP contribution >= 0.6 is 11.3 Å². The molecule has 1 heterocycles. The Morgan fingerprint density at radius 2 is 2.00 bits per heavy atom. The predicted octanol–water partition coefficient (Wildman–Crippen LogP) is 2.58. The minimum absolute atomic E-state index is 0.0339. The van der Waals surface area contributed by atoms with Gasteiger partial charge in [-0.15, -0.1) is 11.3 Å². The first-order valence-corrected chi connectivity index (χ1v) is 8.66. The molecule has 128 valence electrons. The highest BCUT2D eigenvalue weighted by Crippen LogP contribution is 2.24. The number of rotatable bonds is 5. The van der Waals surface area contributed by atoms with Gasteiger partial charge < -0.3 is 15.7 Å². The lowest BCUT2D eigenvalue weighted by atomic mass is 10.1. The smallest absolute Gasteiger partial charge is 0.313 e. The Balaban J connectivity index is 1.94. The number of aliphatic hydroxyl groups is 1. The molecule has 0 aliphatic heterocycles. The monoisotopic (exact) mass is 346 g/mol. The van der Waals surface area contributed by atoms with Crippen LogP contribution in [0.4, 0.5) is 5.69 Å². The van der Waals surface area contributed by atoms with E-state index in [4.69, 9.17) is 0 Å². The Morgan fingerprint density at radius 1 is 1.25 bits per heavy atom. The van der Waals surface area contributed by atoms with Gasteiger partial charge >= 0.3 is 11.8 Å². The molecule has 1 aromatic carbocycles. The van der Waals surface area contributed by atoms with E-state index in [1.165, 1.54) is 11.3 Å². The van der Waals surface area contributed by atoms with Gasteiger partial charge in [-0.3, -0.25) is 9.59 Å². The van der Waals surface area contributed by atoms with E-state index >= 15 is 0 Å². The van der Waals surface area contributed by atoms with Gasteiger partial charge in [0.05, 0.1) is 6.54 Å². The molecule has 0 saturated carbocycles. The Kier molecular flexibility index (Phi) is 5.75. The minimum Gasteiger partial charge on any atom is -0.383 e. The molecule has 24 heavy (non-hydrogen) atoms. The maximum absolute atomic E-state index is 12.0. The highest BCUT2D eigenvalue weighted by Gasteiger charge is 2.26. The van der Waals surface area contributed by atoms with E-state index in [0.29, 0.717) is 5.69 Å². The fraction of sp³-hybridized carbons (Fsp3) is 0.333. The summed E-state index contributed by atoms with van der Waals surface area (Å²) in [6, 6.07) is 9.15. The Morgan fingerprint density at radius 3 is 2.62 bits per heavy atom. The van der Waals surface area contributed by atoms with Crippen LogP contribution in [-0.2, 0) is 21.6 Å². The molecule has 0 aliphatic rings. The van der Waals surface area contributed by atoms with Gasteiger partial charge in [-0.25, -0.2) is 0 Å². The van der Waals surface area contributed by atoms with E-state index in [1.54, 1.807) is 19.1 Å². The largest absolute Gasteiger partial charge is 0.383 e. The predicted molar refractivity (Wildman–Crippen MR) is 96.1 cm³/mol. The van der Waals surface area contributed by atoms with E-state index in [-0.39, 0.29) is 6.54 Å². The van der Waals surface area contributed by atoms with Gasteiger partial charge in [0.2, 0.25) is 0 Å². The SMILES string of the molecule is CCc1cc(NC(=O)C(=O)NCC(C)(O)c2cccs2)ccc1C. The summed E-state index contributed by atoms with van der Waals surface area (Å²) in [6.07, 6.45) is 0.853. The highest BCUT2D eigenvalue weighted by atomic mass is 32.1. The van der Waals surface area contributed by atoms with Gasteiger partial charge in [-0.2, -0.15) is 0 Å². The molecule has 0 aliphatic carbocycles. The van der Waals surface area contributed by atoms with Gasteiger partial charge in [-0.1, -0.05) is 19.1 Å². The molecule has 1 aromatic heterocycles. The van der Waals surface area contributed by atoms with Crippen molar-refractivity contribution in [3.05, 3.63) is 51.7 Å². The Labute approximate surface area is 145 Å². The maximum atomic E-state index is 12.0. The fourth-order valence-corrected chi connectivity index (χ4v) is 3.11. The van der Waals surface area contributed by atoms with Crippen LogP contribution in [0, 0.1) is 6.92 Å². The molecule has 5 nitrogen and oxygen atoms in total. The number of nitrogens with one attached hydrogen (secondary N) is 2. The topological polar surface area (TPSA) is 78.4 Å². The standard InChI is InChI=1S/C18H22N2O3S/c1-4-13-10-14(8-7-12(13)2)20-17(22)16(21)19-11-18(3,23)15-6-5-9-24-15/h5-10,23H,4,11H2,1-3H3,(H,19,21)(H,20,22). The third-order valence-corrected chi connectivity index (χ3v) is 4.96. The van der Waals surface area contributed by atoms with Crippen molar-refractivity contribution in [1.82, 2.24) is 5.32 Å². The lowest BCUT2D eigenvalue weighted by Crippen LogP contribution is -2.42. The maximum Gasteiger partial charge on any atom is 0.313 e. The van der Waals surface area contributed by atoms with Crippen molar-refractivity contribution < 1.29 is 14.7 Å². The van der Waals surface area contributed by atoms with Gasteiger partial charge in [-0.05, 0) is 55.0 Å². The van der Waals surface area contributed by atoms with Crippen LogP contribution in [0.2, 0.25) is 0 Å². The number of hydrogen-bond donors (Lipinski definition) is 3. The molecule has 6 heteroatoms. The lowest BCUT2D eigenvalue weighted by molar-refractivity contribution is -0.136. The molecule has 2 amide bonds. The second-order valence-corrected chi connectivity index (χ2v) is 6.83. The molecular formula is C18H22N2O3S. The molecule has 0 fully saturated rings. The van der Waals surface area contributed by atoms with Crippen molar-refractivity contribution in [3.63, 3.8) is 0 Å². The van der Waals surface area contributed by atoms with Crippen LogP contribution in [0.3, 0.4) is 0 Å². The second kappa shape index (κ2) is 7.59. The Bertz CT molecular complexity index is 724. The van der Waals surface area contributed by atoms with E-state index in [2.05, 4.69) is 10.6 Å². The summed E-state index contributed by atoms with van der Waals surface area (Å²) in [6.45, 7) is 5.61. The number of carbonyl (C=O) groups is 2. The lowest BCUT2D eigenvalue weighted by Gasteiger charge is -2.22. The van der Waals surface area contributed by atoms with Crippen molar-refractivity contribution in [2.45, 2.75) is 32.8 Å². The number of thiophene rings is 1. The molecule has 0 saturated heterocycles. The number of anilines is 1. The van der Waals surface area contributed by atoms with Gasteiger partial charge in [0, 0.05) is 10.6 Å². The summed E-state index contributed by atoms with van der Waals surface area (Å²) in [5.41, 5.74) is 1.65. The second-order valence-electron chi connectivity index (χ2n) is 5.88.